The molecule has 0 unspecified atom stereocenters. The van der Waals surface area contributed by atoms with Crippen molar-refractivity contribution in [2.24, 2.45) is 11.8 Å². The minimum absolute atomic E-state index is 0.0115. The number of nitrogens with zero attached hydrogens (tertiary/aromatic N) is 1. The highest BCUT2D eigenvalue weighted by atomic mass is 35.5. The van der Waals surface area contributed by atoms with Gasteiger partial charge in [0.2, 0.25) is 5.91 Å². The van der Waals surface area contributed by atoms with Crippen molar-refractivity contribution in [2.45, 2.75) is 25.8 Å². The molecule has 0 bridgehead atoms. The van der Waals surface area contributed by atoms with E-state index in [1.807, 2.05) is 24.3 Å². The molecule has 6 heteroatoms. The van der Waals surface area contributed by atoms with Crippen LogP contribution in [0.1, 0.15) is 31.4 Å². The summed E-state index contributed by atoms with van der Waals surface area (Å²) in [6.07, 6.45) is 1.98. The van der Waals surface area contributed by atoms with Gasteiger partial charge in [0.25, 0.3) is 0 Å². The lowest BCUT2D eigenvalue weighted by molar-refractivity contribution is -0.122. The van der Waals surface area contributed by atoms with Gasteiger partial charge in [0, 0.05) is 18.1 Å². The molecule has 1 aliphatic heterocycles. The summed E-state index contributed by atoms with van der Waals surface area (Å²) >= 11 is 5.95. The summed E-state index contributed by atoms with van der Waals surface area (Å²) in [5, 5.41) is 6.56. The Morgan fingerprint density at radius 3 is 2.74 bits per heavy atom. The smallest absolute Gasteiger partial charge is 0.317 e. The number of halogens is 1. The highest BCUT2D eigenvalue weighted by Crippen LogP contribution is 2.47. The standard InChI is InChI=1S/C17H22ClN3O2/c1-11-9-14(11)16(12-3-5-13(18)6-4-12)20-15(22)10-21-8-2-7-19-17(21)23/h3-6,11,14,16H,2,7-10H2,1H3,(H,19,23)(H,20,22)/t11-,14-,16-/m1/s1. The summed E-state index contributed by atoms with van der Waals surface area (Å²) in [7, 11) is 0. The van der Waals surface area contributed by atoms with E-state index in [0.717, 1.165) is 18.4 Å². The van der Waals surface area contributed by atoms with Crippen LogP contribution in [0.5, 0.6) is 0 Å². The molecule has 3 rings (SSSR count). The zero-order valence-electron chi connectivity index (χ0n) is 13.2. The van der Waals surface area contributed by atoms with E-state index in [-0.39, 0.29) is 24.5 Å². The maximum absolute atomic E-state index is 12.4. The number of carbonyl (C=O) groups excluding carboxylic acids is 2. The van der Waals surface area contributed by atoms with Crippen molar-refractivity contribution < 1.29 is 9.59 Å². The number of hydrogen-bond acceptors (Lipinski definition) is 2. The molecule has 1 aliphatic carbocycles. The molecule has 3 amide bonds. The topological polar surface area (TPSA) is 61.4 Å². The minimum Gasteiger partial charge on any atom is -0.347 e. The van der Waals surface area contributed by atoms with E-state index in [4.69, 9.17) is 11.6 Å². The first-order valence-electron chi connectivity index (χ1n) is 8.12. The van der Waals surface area contributed by atoms with Crippen LogP contribution < -0.4 is 10.6 Å². The largest absolute Gasteiger partial charge is 0.347 e. The fourth-order valence-electron chi connectivity index (χ4n) is 3.14. The molecular weight excluding hydrogens is 314 g/mol. The van der Waals surface area contributed by atoms with Crippen LogP contribution in [0.25, 0.3) is 0 Å². The number of hydrogen-bond donors (Lipinski definition) is 2. The first-order chi connectivity index (χ1) is 11.0. The monoisotopic (exact) mass is 335 g/mol. The molecule has 1 heterocycles. The second-order valence-electron chi connectivity index (χ2n) is 6.48. The predicted octanol–water partition coefficient (Wildman–Crippen LogP) is 2.57. The van der Waals surface area contributed by atoms with Gasteiger partial charge in [0.1, 0.15) is 6.54 Å². The number of rotatable bonds is 5. The van der Waals surface area contributed by atoms with Gasteiger partial charge in [0.05, 0.1) is 6.04 Å². The zero-order valence-corrected chi connectivity index (χ0v) is 14.0. The number of carbonyl (C=O) groups is 2. The molecule has 2 aliphatic rings. The quantitative estimate of drug-likeness (QED) is 0.868. The van der Waals surface area contributed by atoms with E-state index in [0.29, 0.717) is 29.9 Å². The predicted molar refractivity (Wildman–Crippen MR) is 89.2 cm³/mol. The lowest BCUT2D eigenvalue weighted by Gasteiger charge is -2.28. The molecular formula is C17H22ClN3O2. The van der Waals surface area contributed by atoms with Gasteiger partial charge < -0.3 is 15.5 Å². The number of amides is 3. The average molecular weight is 336 g/mol. The van der Waals surface area contributed by atoms with Gasteiger partial charge in [-0.05, 0) is 42.4 Å². The normalized spacial score (nSPS) is 24.8. The Labute approximate surface area is 141 Å². The van der Waals surface area contributed by atoms with E-state index >= 15 is 0 Å². The first-order valence-corrected chi connectivity index (χ1v) is 8.50. The molecule has 1 saturated heterocycles. The molecule has 3 atom stereocenters. The molecule has 0 spiro atoms. The Morgan fingerprint density at radius 1 is 1.43 bits per heavy atom. The second kappa shape index (κ2) is 6.79. The maximum atomic E-state index is 12.4. The molecule has 5 nitrogen and oxygen atoms in total. The van der Waals surface area contributed by atoms with Gasteiger partial charge in [-0.15, -0.1) is 0 Å². The first kappa shape index (κ1) is 16.1. The summed E-state index contributed by atoms with van der Waals surface area (Å²) in [6, 6.07) is 7.46. The Kier molecular flexibility index (Phi) is 4.76. The minimum atomic E-state index is -0.158. The van der Waals surface area contributed by atoms with Gasteiger partial charge in [0.15, 0.2) is 0 Å². The van der Waals surface area contributed by atoms with Gasteiger partial charge >= 0.3 is 6.03 Å². The van der Waals surface area contributed by atoms with E-state index in [2.05, 4.69) is 17.6 Å². The van der Waals surface area contributed by atoms with Crippen LogP contribution in [-0.2, 0) is 4.79 Å². The van der Waals surface area contributed by atoms with Gasteiger partial charge in [-0.1, -0.05) is 30.7 Å². The van der Waals surface area contributed by atoms with E-state index < -0.39 is 0 Å². The lowest BCUT2D eigenvalue weighted by atomic mass is 10.0. The fourth-order valence-corrected chi connectivity index (χ4v) is 3.27. The maximum Gasteiger partial charge on any atom is 0.317 e. The number of benzene rings is 1. The Balaban J connectivity index is 1.65. The van der Waals surface area contributed by atoms with Crippen LogP contribution in [0.3, 0.4) is 0 Å². The summed E-state index contributed by atoms with van der Waals surface area (Å²) in [4.78, 5) is 25.7. The van der Waals surface area contributed by atoms with Crippen molar-refractivity contribution in [3.05, 3.63) is 34.9 Å². The highest BCUT2D eigenvalue weighted by Gasteiger charge is 2.41. The summed E-state index contributed by atoms with van der Waals surface area (Å²) in [5.74, 6) is 0.950. The van der Waals surface area contributed by atoms with Crippen LogP contribution in [-0.4, -0.2) is 36.5 Å². The third kappa shape index (κ3) is 3.96. The summed E-state index contributed by atoms with van der Waals surface area (Å²) in [6.45, 7) is 3.61. The Hall–Kier alpha value is -1.75. The van der Waals surface area contributed by atoms with Crippen molar-refractivity contribution in [3.8, 4) is 0 Å². The third-order valence-electron chi connectivity index (χ3n) is 4.65. The molecule has 0 aromatic heterocycles. The van der Waals surface area contributed by atoms with Crippen molar-refractivity contribution in [2.75, 3.05) is 19.6 Å². The summed E-state index contributed by atoms with van der Waals surface area (Å²) in [5.41, 5.74) is 1.07. The van der Waals surface area contributed by atoms with Crippen LogP contribution in [0.15, 0.2) is 24.3 Å². The highest BCUT2D eigenvalue weighted by molar-refractivity contribution is 6.30. The van der Waals surface area contributed by atoms with Crippen molar-refractivity contribution in [1.82, 2.24) is 15.5 Å². The van der Waals surface area contributed by atoms with Crippen LogP contribution in [0, 0.1) is 11.8 Å². The van der Waals surface area contributed by atoms with Gasteiger partial charge in [-0.25, -0.2) is 4.79 Å². The fraction of sp³-hybridized carbons (Fsp3) is 0.529. The molecule has 0 radical (unpaired) electrons. The third-order valence-corrected chi connectivity index (χ3v) is 4.90. The molecule has 23 heavy (non-hydrogen) atoms. The lowest BCUT2D eigenvalue weighted by Crippen LogP contribution is -2.50. The zero-order chi connectivity index (χ0) is 16.4. The van der Waals surface area contributed by atoms with Gasteiger partial charge in [-0.3, -0.25) is 4.79 Å². The molecule has 1 saturated carbocycles. The molecule has 2 N–H and O–H groups in total. The van der Waals surface area contributed by atoms with Crippen LogP contribution >= 0.6 is 11.6 Å². The summed E-state index contributed by atoms with van der Waals surface area (Å²) < 4.78 is 0. The SMILES string of the molecule is C[C@@H]1C[C@H]1[C@H](NC(=O)CN1CCCNC1=O)c1ccc(Cl)cc1. The Bertz CT molecular complexity index is 590. The van der Waals surface area contributed by atoms with E-state index in [1.165, 1.54) is 0 Å². The Morgan fingerprint density at radius 2 is 2.13 bits per heavy atom. The molecule has 1 aromatic carbocycles. The molecule has 2 fully saturated rings. The molecule has 1 aromatic rings. The van der Waals surface area contributed by atoms with Crippen molar-refractivity contribution in [1.29, 1.82) is 0 Å². The number of nitrogens with one attached hydrogen (secondary N) is 2. The van der Waals surface area contributed by atoms with Crippen molar-refractivity contribution in [3.63, 3.8) is 0 Å². The van der Waals surface area contributed by atoms with E-state index in [1.54, 1.807) is 4.90 Å². The van der Waals surface area contributed by atoms with Gasteiger partial charge in [-0.2, -0.15) is 0 Å². The number of urea groups is 1. The molecule has 124 valence electrons. The average Bonchev–Trinajstić information content (AvgIpc) is 3.25. The second-order valence-corrected chi connectivity index (χ2v) is 6.92. The van der Waals surface area contributed by atoms with Crippen LogP contribution in [0.4, 0.5) is 4.79 Å². The van der Waals surface area contributed by atoms with E-state index in [9.17, 15) is 9.59 Å². The van der Waals surface area contributed by atoms with Crippen molar-refractivity contribution >= 4 is 23.5 Å². The van der Waals surface area contributed by atoms with Crippen LogP contribution in [0.2, 0.25) is 5.02 Å².